The van der Waals surface area contributed by atoms with Crippen molar-refractivity contribution in [3.63, 3.8) is 0 Å². The Morgan fingerprint density at radius 2 is 1.72 bits per heavy atom. The number of hydrogen-bond donors (Lipinski definition) is 0. The predicted molar refractivity (Wildman–Crippen MR) is 130 cm³/mol. The first-order valence-corrected chi connectivity index (χ1v) is 11.8. The Kier molecular flexibility index (Phi) is 8.37. The molecule has 3 rings (SSSR count). The lowest BCUT2D eigenvalue weighted by Gasteiger charge is -2.21. The molecule has 6 nitrogen and oxygen atoms in total. The minimum absolute atomic E-state index is 0.211. The number of halogens is 3. The van der Waals surface area contributed by atoms with Gasteiger partial charge in [0.15, 0.2) is 0 Å². The van der Waals surface area contributed by atoms with Crippen molar-refractivity contribution in [2.75, 3.05) is 18.0 Å². The zero-order valence-electron chi connectivity index (χ0n) is 17.3. The van der Waals surface area contributed by atoms with E-state index < -0.39 is 12.0 Å². The zero-order chi connectivity index (χ0) is 23.3. The number of aromatic nitrogens is 1. The summed E-state index contributed by atoms with van der Waals surface area (Å²) in [7, 11) is 0. The Hall–Kier alpha value is -2.32. The summed E-state index contributed by atoms with van der Waals surface area (Å²) in [5.41, 5.74) is 0.777. The van der Waals surface area contributed by atoms with E-state index in [0.29, 0.717) is 34.0 Å². The molecule has 0 saturated heterocycles. The second-order valence-corrected chi connectivity index (χ2v) is 8.90. The van der Waals surface area contributed by atoms with Crippen molar-refractivity contribution in [1.82, 2.24) is 9.88 Å². The van der Waals surface area contributed by atoms with Crippen molar-refractivity contribution in [3.05, 3.63) is 69.3 Å². The van der Waals surface area contributed by atoms with Crippen LogP contribution in [0.25, 0.3) is 0 Å². The molecule has 0 fully saturated rings. The summed E-state index contributed by atoms with van der Waals surface area (Å²) in [6, 6.07) is 11.3. The van der Waals surface area contributed by atoms with Crippen LogP contribution in [-0.2, 0) is 0 Å². The summed E-state index contributed by atoms with van der Waals surface area (Å²) < 4.78 is 5.47. The number of benzene rings is 2. The van der Waals surface area contributed by atoms with Crippen molar-refractivity contribution < 1.29 is 14.3 Å². The Balaban J connectivity index is 1.95. The van der Waals surface area contributed by atoms with Crippen LogP contribution in [0.4, 0.5) is 15.6 Å². The minimum Gasteiger partial charge on any atom is -0.397 e. The Labute approximate surface area is 205 Å². The average molecular weight is 513 g/mol. The van der Waals surface area contributed by atoms with Crippen LogP contribution in [0.5, 0.6) is 5.06 Å². The smallest absolute Gasteiger partial charge is 0.397 e. The van der Waals surface area contributed by atoms with Crippen molar-refractivity contribution >= 4 is 69.0 Å². The molecule has 0 bridgehead atoms. The molecule has 0 saturated carbocycles. The number of ether oxygens (including phenoxy) is 1. The fourth-order valence-electron chi connectivity index (χ4n) is 2.89. The van der Waals surface area contributed by atoms with Gasteiger partial charge in [0.1, 0.15) is 0 Å². The molecule has 0 unspecified atom stereocenters. The highest BCUT2D eigenvalue weighted by Crippen LogP contribution is 2.36. The highest BCUT2D eigenvalue weighted by molar-refractivity contribution is 7.17. The summed E-state index contributed by atoms with van der Waals surface area (Å²) in [5.74, 6) is -0.414. The summed E-state index contributed by atoms with van der Waals surface area (Å²) in [6.07, 6.45) is 1.77. The molecule has 3 aromatic rings. The standard InChI is InChI=1S/C22H20Cl3N3O3S/c1-3-11-27(4-2)22(30)31-19-13-26-21(32-19)28(16-8-5-14(23)6-9-16)20(29)17-10-7-15(24)12-18(17)25/h5-10,12-13H,3-4,11H2,1-2H3. The van der Waals surface area contributed by atoms with Gasteiger partial charge in [0.05, 0.1) is 22.5 Å². The molecule has 1 aromatic heterocycles. The molecule has 2 amide bonds. The third-order valence-corrected chi connectivity index (χ3v) is 6.09. The van der Waals surface area contributed by atoms with Crippen LogP contribution in [0.15, 0.2) is 48.7 Å². The van der Waals surface area contributed by atoms with E-state index in [1.165, 1.54) is 17.2 Å². The maximum Gasteiger partial charge on any atom is 0.416 e. The Morgan fingerprint density at radius 1 is 1.03 bits per heavy atom. The number of carbonyl (C=O) groups excluding carboxylic acids is 2. The van der Waals surface area contributed by atoms with E-state index in [1.807, 2.05) is 13.8 Å². The van der Waals surface area contributed by atoms with Crippen molar-refractivity contribution in [3.8, 4) is 5.06 Å². The molecule has 10 heteroatoms. The summed E-state index contributed by atoms with van der Waals surface area (Å²) in [6.45, 7) is 4.98. The van der Waals surface area contributed by atoms with E-state index >= 15 is 0 Å². The fraction of sp³-hybridized carbons (Fsp3) is 0.227. The molecular weight excluding hydrogens is 493 g/mol. The molecule has 0 atom stereocenters. The molecule has 0 aliphatic carbocycles. The maximum absolute atomic E-state index is 13.5. The van der Waals surface area contributed by atoms with Gasteiger partial charge in [-0.3, -0.25) is 9.69 Å². The lowest BCUT2D eigenvalue weighted by Crippen LogP contribution is -2.33. The van der Waals surface area contributed by atoms with Crippen molar-refractivity contribution in [2.24, 2.45) is 0 Å². The number of anilines is 2. The predicted octanol–water partition coefficient (Wildman–Crippen LogP) is 7.31. The first-order valence-electron chi connectivity index (χ1n) is 9.81. The molecule has 0 aliphatic heterocycles. The van der Waals surface area contributed by atoms with E-state index in [2.05, 4.69) is 4.98 Å². The van der Waals surface area contributed by atoms with Crippen LogP contribution in [0.1, 0.15) is 30.6 Å². The maximum atomic E-state index is 13.5. The average Bonchev–Trinajstić information content (AvgIpc) is 3.21. The Bertz CT molecular complexity index is 1110. The van der Waals surface area contributed by atoms with E-state index in [1.54, 1.807) is 41.3 Å². The monoisotopic (exact) mass is 511 g/mol. The summed E-state index contributed by atoms with van der Waals surface area (Å²) in [4.78, 5) is 33.2. The highest BCUT2D eigenvalue weighted by atomic mass is 35.5. The first kappa shape index (κ1) is 24.3. The van der Waals surface area contributed by atoms with Crippen molar-refractivity contribution in [2.45, 2.75) is 20.3 Å². The summed E-state index contributed by atoms with van der Waals surface area (Å²) >= 11 is 19.3. The van der Waals surface area contributed by atoms with E-state index in [9.17, 15) is 9.59 Å². The van der Waals surface area contributed by atoms with Gasteiger partial charge in [-0.15, -0.1) is 0 Å². The van der Waals surface area contributed by atoms with Crippen LogP contribution in [0.2, 0.25) is 15.1 Å². The number of nitrogens with zero attached hydrogens (tertiary/aromatic N) is 3. The second kappa shape index (κ2) is 11.0. The van der Waals surface area contributed by atoms with Crippen LogP contribution in [0.3, 0.4) is 0 Å². The number of thiazole rings is 1. The number of amides is 2. The summed E-state index contributed by atoms with van der Waals surface area (Å²) in [5, 5.41) is 1.73. The van der Waals surface area contributed by atoms with Crippen LogP contribution in [-0.4, -0.2) is 35.0 Å². The minimum atomic E-state index is -0.463. The number of hydrogen-bond acceptors (Lipinski definition) is 5. The van der Waals surface area contributed by atoms with Gasteiger partial charge in [0.25, 0.3) is 5.91 Å². The number of rotatable bonds is 7. The lowest BCUT2D eigenvalue weighted by molar-refractivity contribution is 0.0999. The zero-order valence-corrected chi connectivity index (χ0v) is 20.4. The second-order valence-electron chi connectivity index (χ2n) is 6.65. The largest absolute Gasteiger partial charge is 0.416 e. The normalized spacial score (nSPS) is 10.7. The van der Waals surface area contributed by atoms with Gasteiger partial charge >= 0.3 is 6.09 Å². The molecule has 0 radical (unpaired) electrons. The first-order chi connectivity index (χ1) is 15.3. The third kappa shape index (κ3) is 5.72. The molecule has 32 heavy (non-hydrogen) atoms. The number of carbonyl (C=O) groups is 2. The molecule has 0 N–H and O–H groups in total. The quantitative estimate of drug-likeness (QED) is 0.333. The van der Waals surface area contributed by atoms with Gasteiger partial charge < -0.3 is 9.64 Å². The topological polar surface area (TPSA) is 62.7 Å². The lowest BCUT2D eigenvalue weighted by atomic mass is 10.2. The molecule has 2 aromatic carbocycles. The molecule has 168 valence electrons. The van der Waals surface area contributed by atoms with E-state index in [0.717, 1.165) is 17.8 Å². The molecule has 0 spiro atoms. The van der Waals surface area contributed by atoms with Gasteiger partial charge in [0, 0.05) is 23.1 Å². The third-order valence-electron chi connectivity index (χ3n) is 4.43. The van der Waals surface area contributed by atoms with Gasteiger partial charge in [-0.1, -0.05) is 53.1 Å². The van der Waals surface area contributed by atoms with Gasteiger partial charge in [-0.05, 0) is 55.8 Å². The van der Waals surface area contributed by atoms with Crippen LogP contribution < -0.4 is 9.64 Å². The van der Waals surface area contributed by atoms with Crippen LogP contribution >= 0.6 is 46.1 Å². The highest BCUT2D eigenvalue weighted by Gasteiger charge is 2.26. The fourth-order valence-corrected chi connectivity index (χ4v) is 4.29. The van der Waals surface area contributed by atoms with Gasteiger partial charge in [-0.2, -0.15) is 0 Å². The van der Waals surface area contributed by atoms with Crippen LogP contribution in [0, 0.1) is 0 Å². The van der Waals surface area contributed by atoms with Gasteiger partial charge in [-0.25, -0.2) is 9.78 Å². The molecular formula is C22H20Cl3N3O3S. The molecule has 1 heterocycles. The Morgan fingerprint density at radius 3 is 2.34 bits per heavy atom. The SMILES string of the molecule is CCCN(CC)C(=O)Oc1cnc(N(C(=O)c2ccc(Cl)cc2Cl)c2ccc(Cl)cc2)s1. The van der Waals surface area contributed by atoms with E-state index in [-0.39, 0.29) is 15.6 Å². The van der Waals surface area contributed by atoms with E-state index in [4.69, 9.17) is 39.5 Å². The molecule has 0 aliphatic rings. The van der Waals surface area contributed by atoms with Crippen molar-refractivity contribution in [1.29, 1.82) is 0 Å². The van der Waals surface area contributed by atoms with Gasteiger partial charge in [0.2, 0.25) is 10.2 Å².